The van der Waals surface area contributed by atoms with Gasteiger partial charge in [-0.15, -0.1) is 0 Å². The molecule has 1 unspecified atom stereocenters. The average molecular weight is 215 g/mol. The molecule has 0 radical (unpaired) electrons. The van der Waals surface area contributed by atoms with Crippen LogP contribution in [0, 0.1) is 0 Å². The number of hydrogen-bond donors (Lipinski definition) is 1. The van der Waals surface area contributed by atoms with Gasteiger partial charge >= 0.3 is 0 Å². The van der Waals surface area contributed by atoms with E-state index in [9.17, 15) is 4.79 Å². The topological polar surface area (TPSA) is 46.4 Å². The standard InChI is InChI=1S/C12H13N3O/c16-8-11-7-14-15-4-2-9(5-12(11)15)10-1-3-13-6-10/h2,4-5,7-8,10,13H,1,3,6H2. The van der Waals surface area contributed by atoms with Gasteiger partial charge in [-0.2, -0.15) is 5.10 Å². The highest BCUT2D eigenvalue weighted by atomic mass is 16.1. The van der Waals surface area contributed by atoms with Crippen molar-refractivity contribution in [2.24, 2.45) is 0 Å². The summed E-state index contributed by atoms with van der Waals surface area (Å²) in [6.07, 6.45) is 5.56. The van der Waals surface area contributed by atoms with Gasteiger partial charge in [0, 0.05) is 12.7 Å². The Morgan fingerprint density at radius 1 is 1.56 bits per heavy atom. The number of pyridine rings is 1. The number of aldehydes is 1. The van der Waals surface area contributed by atoms with Crippen molar-refractivity contribution >= 4 is 11.8 Å². The van der Waals surface area contributed by atoms with Crippen LogP contribution in [0.1, 0.15) is 28.3 Å². The van der Waals surface area contributed by atoms with Crippen LogP contribution in [0.5, 0.6) is 0 Å². The number of carbonyl (C=O) groups is 1. The SMILES string of the molecule is O=Cc1cnn2ccc(C3CCNC3)cc12. The molecule has 2 aromatic heterocycles. The van der Waals surface area contributed by atoms with Crippen LogP contribution in [0.4, 0.5) is 0 Å². The highest BCUT2D eigenvalue weighted by molar-refractivity contribution is 5.85. The molecule has 0 amide bonds. The molecule has 1 atom stereocenters. The minimum absolute atomic E-state index is 0.569. The predicted molar refractivity (Wildman–Crippen MR) is 60.8 cm³/mol. The van der Waals surface area contributed by atoms with Gasteiger partial charge in [0.2, 0.25) is 0 Å². The molecule has 0 spiro atoms. The van der Waals surface area contributed by atoms with Gasteiger partial charge in [0.25, 0.3) is 0 Å². The molecule has 1 aliphatic rings. The largest absolute Gasteiger partial charge is 0.316 e. The predicted octanol–water partition coefficient (Wildman–Crippen LogP) is 1.22. The van der Waals surface area contributed by atoms with E-state index in [4.69, 9.17) is 0 Å². The molecule has 4 nitrogen and oxygen atoms in total. The molecule has 1 N–H and O–H groups in total. The maximum Gasteiger partial charge on any atom is 0.153 e. The number of fused-ring (bicyclic) bond motifs is 1. The van der Waals surface area contributed by atoms with Crippen LogP contribution in [0.3, 0.4) is 0 Å². The zero-order valence-corrected chi connectivity index (χ0v) is 8.89. The van der Waals surface area contributed by atoms with Gasteiger partial charge < -0.3 is 5.32 Å². The van der Waals surface area contributed by atoms with Crippen LogP contribution in [0.25, 0.3) is 5.52 Å². The Morgan fingerprint density at radius 3 is 3.25 bits per heavy atom. The summed E-state index contributed by atoms with van der Waals surface area (Å²) >= 11 is 0. The van der Waals surface area contributed by atoms with E-state index in [0.29, 0.717) is 11.5 Å². The second-order valence-corrected chi connectivity index (χ2v) is 4.20. The number of aromatic nitrogens is 2. The summed E-state index contributed by atoms with van der Waals surface area (Å²) in [4.78, 5) is 10.8. The second kappa shape index (κ2) is 3.72. The minimum atomic E-state index is 0.569. The molecule has 1 saturated heterocycles. The Hall–Kier alpha value is -1.68. The molecule has 2 aromatic rings. The van der Waals surface area contributed by atoms with Crippen molar-refractivity contribution in [1.82, 2.24) is 14.9 Å². The first-order valence-corrected chi connectivity index (χ1v) is 5.51. The first-order chi connectivity index (χ1) is 7.88. The lowest BCUT2D eigenvalue weighted by molar-refractivity contribution is 0.112. The summed E-state index contributed by atoms with van der Waals surface area (Å²) in [5.41, 5.74) is 2.85. The normalized spacial score (nSPS) is 20.4. The Balaban J connectivity index is 2.09. The van der Waals surface area contributed by atoms with E-state index < -0.39 is 0 Å². The molecule has 1 fully saturated rings. The molecule has 3 heterocycles. The highest BCUT2D eigenvalue weighted by Crippen LogP contribution is 2.23. The Morgan fingerprint density at radius 2 is 2.50 bits per heavy atom. The Labute approximate surface area is 93.3 Å². The lowest BCUT2D eigenvalue weighted by Crippen LogP contribution is -2.08. The van der Waals surface area contributed by atoms with Crippen molar-refractivity contribution < 1.29 is 4.79 Å². The van der Waals surface area contributed by atoms with Gasteiger partial charge in [0.15, 0.2) is 6.29 Å². The van der Waals surface area contributed by atoms with Gasteiger partial charge in [0.1, 0.15) is 0 Å². The Kier molecular flexibility index (Phi) is 2.22. The van der Waals surface area contributed by atoms with E-state index in [1.54, 1.807) is 10.7 Å². The maximum atomic E-state index is 10.8. The number of hydrogen-bond acceptors (Lipinski definition) is 3. The van der Waals surface area contributed by atoms with E-state index in [1.165, 1.54) is 12.0 Å². The van der Waals surface area contributed by atoms with Gasteiger partial charge in [0.05, 0.1) is 17.3 Å². The van der Waals surface area contributed by atoms with E-state index >= 15 is 0 Å². The third-order valence-electron chi connectivity index (χ3n) is 3.23. The fraction of sp³-hybridized carbons (Fsp3) is 0.333. The van der Waals surface area contributed by atoms with Crippen molar-refractivity contribution in [3.05, 3.63) is 35.7 Å². The van der Waals surface area contributed by atoms with Crippen molar-refractivity contribution in [3.63, 3.8) is 0 Å². The molecule has 82 valence electrons. The summed E-state index contributed by atoms with van der Waals surface area (Å²) in [7, 11) is 0. The molecular weight excluding hydrogens is 202 g/mol. The molecule has 0 bridgehead atoms. The van der Waals surface area contributed by atoms with E-state index in [1.807, 2.05) is 6.20 Å². The second-order valence-electron chi connectivity index (χ2n) is 4.20. The summed E-state index contributed by atoms with van der Waals surface area (Å²) in [5, 5.41) is 7.48. The van der Waals surface area contributed by atoms with Gasteiger partial charge in [-0.25, -0.2) is 4.52 Å². The molecule has 0 aliphatic carbocycles. The number of rotatable bonds is 2. The first-order valence-electron chi connectivity index (χ1n) is 5.51. The summed E-state index contributed by atoms with van der Waals surface area (Å²) in [6, 6.07) is 4.17. The summed E-state index contributed by atoms with van der Waals surface area (Å²) in [6.45, 7) is 2.11. The molecular formula is C12H13N3O. The molecule has 0 aromatic carbocycles. The van der Waals surface area contributed by atoms with Crippen molar-refractivity contribution in [2.75, 3.05) is 13.1 Å². The Bertz CT molecular complexity index is 526. The monoisotopic (exact) mass is 215 g/mol. The first kappa shape index (κ1) is 9.54. The van der Waals surface area contributed by atoms with Gasteiger partial charge in [-0.1, -0.05) is 0 Å². The fourth-order valence-corrected chi connectivity index (χ4v) is 2.30. The quantitative estimate of drug-likeness (QED) is 0.766. The zero-order valence-electron chi connectivity index (χ0n) is 8.89. The molecule has 0 saturated carbocycles. The van der Waals surface area contributed by atoms with Crippen LogP contribution in [-0.2, 0) is 0 Å². The van der Waals surface area contributed by atoms with Crippen molar-refractivity contribution in [1.29, 1.82) is 0 Å². The van der Waals surface area contributed by atoms with Crippen molar-refractivity contribution in [3.8, 4) is 0 Å². The highest BCUT2D eigenvalue weighted by Gasteiger charge is 2.17. The van der Waals surface area contributed by atoms with E-state index in [-0.39, 0.29) is 0 Å². The smallest absolute Gasteiger partial charge is 0.153 e. The van der Waals surface area contributed by atoms with Crippen LogP contribution in [-0.4, -0.2) is 29.0 Å². The average Bonchev–Trinajstić information content (AvgIpc) is 2.97. The maximum absolute atomic E-state index is 10.8. The van der Waals surface area contributed by atoms with Crippen LogP contribution >= 0.6 is 0 Å². The van der Waals surface area contributed by atoms with Crippen LogP contribution in [0.2, 0.25) is 0 Å². The number of carbonyl (C=O) groups excluding carboxylic acids is 1. The zero-order chi connectivity index (χ0) is 11.0. The molecule has 16 heavy (non-hydrogen) atoms. The van der Waals surface area contributed by atoms with E-state index in [0.717, 1.165) is 24.9 Å². The summed E-state index contributed by atoms with van der Waals surface area (Å²) < 4.78 is 1.75. The molecule has 4 heteroatoms. The van der Waals surface area contributed by atoms with Gasteiger partial charge in [-0.05, 0) is 36.6 Å². The van der Waals surface area contributed by atoms with Crippen LogP contribution in [0.15, 0.2) is 24.5 Å². The lowest BCUT2D eigenvalue weighted by Gasteiger charge is -2.08. The van der Waals surface area contributed by atoms with E-state index in [2.05, 4.69) is 22.5 Å². The van der Waals surface area contributed by atoms with Crippen LogP contribution < -0.4 is 5.32 Å². The third kappa shape index (κ3) is 1.42. The minimum Gasteiger partial charge on any atom is -0.316 e. The number of nitrogens with one attached hydrogen (secondary N) is 1. The van der Waals surface area contributed by atoms with Gasteiger partial charge in [-0.3, -0.25) is 4.79 Å². The summed E-state index contributed by atoms with van der Waals surface area (Å²) in [5.74, 6) is 0.569. The number of nitrogens with zero attached hydrogens (tertiary/aromatic N) is 2. The van der Waals surface area contributed by atoms with Crippen molar-refractivity contribution in [2.45, 2.75) is 12.3 Å². The fourth-order valence-electron chi connectivity index (χ4n) is 2.30. The molecule has 1 aliphatic heterocycles. The molecule has 3 rings (SSSR count). The third-order valence-corrected chi connectivity index (χ3v) is 3.23. The lowest BCUT2D eigenvalue weighted by atomic mass is 9.99.